The molecule has 0 radical (unpaired) electrons. The highest BCUT2D eigenvalue weighted by molar-refractivity contribution is 6.30. The van der Waals surface area contributed by atoms with E-state index in [4.69, 9.17) is 17.3 Å². The highest BCUT2D eigenvalue weighted by Gasteiger charge is 2.32. The molecule has 7 nitrogen and oxygen atoms in total. The summed E-state index contributed by atoms with van der Waals surface area (Å²) < 4.78 is 1.88. The molecule has 1 saturated heterocycles. The molecule has 0 saturated carbocycles. The summed E-state index contributed by atoms with van der Waals surface area (Å²) in [6.07, 6.45) is 2.02. The number of nitrogens with zero attached hydrogens (tertiary/aromatic N) is 5. The second-order valence-corrected chi connectivity index (χ2v) is 7.22. The molecule has 1 aliphatic rings. The van der Waals surface area contributed by atoms with Crippen molar-refractivity contribution in [2.75, 3.05) is 11.4 Å². The Morgan fingerprint density at radius 2 is 2.16 bits per heavy atom. The van der Waals surface area contributed by atoms with Crippen molar-refractivity contribution in [3.63, 3.8) is 0 Å². The van der Waals surface area contributed by atoms with E-state index in [0.29, 0.717) is 11.1 Å². The van der Waals surface area contributed by atoms with E-state index < -0.39 is 5.91 Å². The molecule has 3 heterocycles. The largest absolute Gasteiger partial charge is 0.364 e. The van der Waals surface area contributed by atoms with Gasteiger partial charge in [0.05, 0.1) is 11.7 Å². The third kappa shape index (κ3) is 3.46. The number of halogens is 1. The van der Waals surface area contributed by atoms with Gasteiger partial charge in [-0.15, -0.1) is 10.2 Å². The number of anilines is 1. The fourth-order valence-corrected chi connectivity index (χ4v) is 3.73. The molecule has 0 bridgehead atoms. The van der Waals surface area contributed by atoms with E-state index in [2.05, 4.69) is 34.0 Å². The second-order valence-electron chi connectivity index (χ2n) is 6.86. The Hall–Kier alpha value is -2.15. The molecule has 0 aromatic carbocycles. The molecular formula is C17H23ClN6O. The molecule has 1 unspecified atom stereocenters. The number of carbonyl (C=O) groups excluding carboxylic acids is 1. The SMILES string of the molecule is Cc1nn(CC(C)C)c(Cl)c1C1CCCN1c1ccc(C(N)=O)nn1. The van der Waals surface area contributed by atoms with Crippen LogP contribution < -0.4 is 10.6 Å². The third-order valence-corrected chi connectivity index (χ3v) is 4.83. The minimum absolute atomic E-state index is 0.113. The molecule has 0 aliphatic carbocycles. The van der Waals surface area contributed by atoms with E-state index in [1.165, 1.54) is 0 Å². The van der Waals surface area contributed by atoms with Crippen molar-refractivity contribution in [2.45, 2.75) is 46.2 Å². The average Bonchev–Trinajstić information content (AvgIpc) is 3.12. The van der Waals surface area contributed by atoms with Crippen LogP contribution in [0.5, 0.6) is 0 Å². The van der Waals surface area contributed by atoms with Crippen LogP contribution in [-0.4, -0.2) is 32.4 Å². The molecule has 1 atom stereocenters. The number of primary amides is 1. The van der Waals surface area contributed by atoms with Gasteiger partial charge in [0.2, 0.25) is 0 Å². The predicted octanol–water partition coefficient (Wildman–Crippen LogP) is 2.73. The van der Waals surface area contributed by atoms with E-state index in [-0.39, 0.29) is 11.7 Å². The van der Waals surface area contributed by atoms with Gasteiger partial charge < -0.3 is 10.6 Å². The van der Waals surface area contributed by atoms with E-state index in [0.717, 1.165) is 43.0 Å². The minimum atomic E-state index is -0.578. The van der Waals surface area contributed by atoms with Gasteiger partial charge in [-0.1, -0.05) is 25.4 Å². The Morgan fingerprint density at radius 3 is 2.76 bits per heavy atom. The number of hydrogen-bond donors (Lipinski definition) is 1. The van der Waals surface area contributed by atoms with Crippen molar-refractivity contribution in [3.8, 4) is 0 Å². The van der Waals surface area contributed by atoms with Crippen molar-refractivity contribution < 1.29 is 4.79 Å². The number of nitrogens with two attached hydrogens (primary N) is 1. The predicted molar refractivity (Wildman–Crippen MR) is 96.7 cm³/mol. The maximum atomic E-state index is 11.2. The topological polar surface area (TPSA) is 89.9 Å². The summed E-state index contributed by atoms with van der Waals surface area (Å²) in [6.45, 7) is 7.94. The first-order valence-electron chi connectivity index (χ1n) is 8.51. The molecule has 25 heavy (non-hydrogen) atoms. The Balaban J connectivity index is 1.91. The summed E-state index contributed by atoms with van der Waals surface area (Å²) in [5.74, 6) is 0.613. The van der Waals surface area contributed by atoms with Crippen LogP contribution >= 0.6 is 11.6 Å². The Morgan fingerprint density at radius 1 is 1.40 bits per heavy atom. The average molecular weight is 363 g/mol. The number of aromatic nitrogens is 4. The molecule has 1 aliphatic heterocycles. The zero-order chi connectivity index (χ0) is 18.1. The van der Waals surface area contributed by atoms with E-state index >= 15 is 0 Å². The zero-order valence-electron chi connectivity index (χ0n) is 14.7. The lowest BCUT2D eigenvalue weighted by atomic mass is 10.1. The number of amides is 1. The zero-order valence-corrected chi connectivity index (χ0v) is 15.5. The van der Waals surface area contributed by atoms with Gasteiger partial charge in [0, 0.05) is 18.7 Å². The first-order chi connectivity index (χ1) is 11.9. The van der Waals surface area contributed by atoms with Crippen molar-refractivity contribution in [2.24, 2.45) is 11.7 Å². The van der Waals surface area contributed by atoms with Gasteiger partial charge in [0.25, 0.3) is 5.91 Å². The maximum Gasteiger partial charge on any atom is 0.269 e. The van der Waals surface area contributed by atoms with Crippen LogP contribution in [0.1, 0.15) is 54.5 Å². The fourth-order valence-electron chi connectivity index (χ4n) is 3.36. The normalized spacial score (nSPS) is 17.5. The monoisotopic (exact) mass is 362 g/mol. The van der Waals surface area contributed by atoms with Crippen LogP contribution in [0.25, 0.3) is 0 Å². The van der Waals surface area contributed by atoms with Gasteiger partial charge in [-0.05, 0) is 37.8 Å². The van der Waals surface area contributed by atoms with Crippen LogP contribution in [-0.2, 0) is 6.54 Å². The van der Waals surface area contributed by atoms with Crippen molar-refractivity contribution >= 4 is 23.3 Å². The molecule has 3 rings (SSSR count). The molecular weight excluding hydrogens is 340 g/mol. The first kappa shape index (κ1) is 17.7. The number of aryl methyl sites for hydroxylation is 1. The number of hydrogen-bond acceptors (Lipinski definition) is 5. The first-order valence-corrected chi connectivity index (χ1v) is 8.89. The molecule has 8 heteroatoms. The lowest BCUT2D eigenvalue weighted by Crippen LogP contribution is -2.25. The van der Waals surface area contributed by atoms with Gasteiger partial charge in [0.15, 0.2) is 11.5 Å². The van der Waals surface area contributed by atoms with Gasteiger partial charge in [0.1, 0.15) is 5.15 Å². The van der Waals surface area contributed by atoms with Crippen molar-refractivity contribution in [1.82, 2.24) is 20.0 Å². The van der Waals surface area contributed by atoms with Crippen molar-refractivity contribution in [3.05, 3.63) is 34.2 Å². The molecule has 2 aromatic heterocycles. The van der Waals surface area contributed by atoms with Crippen LogP contribution in [0.3, 0.4) is 0 Å². The Bertz CT molecular complexity index is 770. The molecule has 1 amide bonds. The van der Waals surface area contributed by atoms with Crippen LogP contribution in [0.2, 0.25) is 5.15 Å². The molecule has 1 fully saturated rings. The summed E-state index contributed by atoms with van der Waals surface area (Å²) in [4.78, 5) is 13.4. The van der Waals surface area contributed by atoms with E-state index in [1.54, 1.807) is 12.1 Å². The van der Waals surface area contributed by atoms with Crippen LogP contribution in [0.15, 0.2) is 12.1 Å². The summed E-state index contributed by atoms with van der Waals surface area (Å²) in [7, 11) is 0. The maximum absolute atomic E-state index is 11.2. The minimum Gasteiger partial charge on any atom is -0.364 e. The van der Waals surface area contributed by atoms with Crippen LogP contribution in [0.4, 0.5) is 5.82 Å². The smallest absolute Gasteiger partial charge is 0.269 e. The Labute approximate surface area is 152 Å². The highest BCUT2D eigenvalue weighted by atomic mass is 35.5. The second kappa shape index (κ2) is 7.00. The third-order valence-electron chi connectivity index (χ3n) is 4.43. The fraction of sp³-hybridized carbons (Fsp3) is 0.529. The van der Waals surface area contributed by atoms with E-state index in [9.17, 15) is 4.79 Å². The van der Waals surface area contributed by atoms with Gasteiger partial charge in [-0.25, -0.2) is 0 Å². The molecule has 2 N–H and O–H groups in total. The Kier molecular flexibility index (Phi) is 4.94. The lowest BCUT2D eigenvalue weighted by molar-refractivity contribution is 0.0994. The summed E-state index contributed by atoms with van der Waals surface area (Å²) >= 11 is 6.65. The van der Waals surface area contributed by atoms with Crippen LogP contribution in [0, 0.1) is 12.8 Å². The lowest BCUT2D eigenvalue weighted by Gasteiger charge is -2.25. The van der Waals surface area contributed by atoms with E-state index in [1.807, 2.05) is 11.6 Å². The standard InChI is InChI=1S/C17H23ClN6O/c1-10(2)9-24-16(18)15(11(3)22-24)13-5-4-8-23(13)14-7-6-12(17(19)25)20-21-14/h6-7,10,13H,4-5,8-9H2,1-3H3,(H2,19,25). The molecule has 0 spiro atoms. The van der Waals surface area contributed by atoms with Crippen molar-refractivity contribution in [1.29, 1.82) is 0 Å². The molecule has 2 aromatic rings. The quantitative estimate of drug-likeness (QED) is 0.883. The summed E-state index contributed by atoms with van der Waals surface area (Å²) in [6, 6.07) is 3.51. The highest BCUT2D eigenvalue weighted by Crippen LogP contribution is 2.39. The van der Waals surface area contributed by atoms with Gasteiger partial charge in [-0.2, -0.15) is 5.10 Å². The summed E-state index contributed by atoms with van der Waals surface area (Å²) in [5, 5.41) is 13.4. The molecule has 134 valence electrons. The van der Waals surface area contributed by atoms with Gasteiger partial charge >= 0.3 is 0 Å². The summed E-state index contributed by atoms with van der Waals surface area (Å²) in [5.41, 5.74) is 7.40. The van der Waals surface area contributed by atoms with Gasteiger partial charge in [-0.3, -0.25) is 9.48 Å². The number of rotatable bonds is 5. The number of carbonyl (C=O) groups is 1.